The van der Waals surface area contributed by atoms with Crippen molar-refractivity contribution < 1.29 is 24.0 Å². The number of aryl methyl sites for hydroxylation is 1. The second-order valence-corrected chi connectivity index (χ2v) is 12.0. The Bertz CT molecular complexity index is 1590. The van der Waals surface area contributed by atoms with Crippen LogP contribution >= 0.6 is 0 Å². The molecule has 2 aliphatic rings. The average Bonchev–Trinajstić information content (AvgIpc) is 3.58. The van der Waals surface area contributed by atoms with Gasteiger partial charge in [0, 0.05) is 49.8 Å². The summed E-state index contributed by atoms with van der Waals surface area (Å²) in [6.07, 6.45) is 13.1. The maximum Gasteiger partial charge on any atom is 0.263 e. The summed E-state index contributed by atoms with van der Waals surface area (Å²) in [6.45, 7) is 4.35. The van der Waals surface area contributed by atoms with Gasteiger partial charge in [-0.1, -0.05) is 25.7 Å². The highest BCUT2D eigenvalue weighted by atomic mass is 16.8. The number of anilines is 2. The molecule has 3 aromatic heterocycles. The smallest absolute Gasteiger partial charge is 0.263 e. The Balaban J connectivity index is 1.09. The van der Waals surface area contributed by atoms with E-state index in [9.17, 15) is 19.2 Å². The Morgan fingerprint density at radius 2 is 1.78 bits per heavy atom. The summed E-state index contributed by atoms with van der Waals surface area (Å²) in [5.74, 6) is 0.0765. The SMILES string of the molecule is CC(=O)c1c(C)c2cnc(Nc3ccc(C(=O)NCCCCCCC(=O)NOC4CCCCO4)cn3)nc2n(C2CCCC2)c1=O. The van der Waals surface area contributed by atoms with Crippen LogP contribution in [0.4, 0.5) is 11.8 Å². The number of unbranched alkanes of at least 4 members (excludes halogenated alkanes) is 3. The summed E-state index contributed by atoms with van der Waals surface area (Å²) in [6, 6.07) is 3.33. The minimum atomic E-state index is -0.348. The second kappa shape index (κ2) is 15.9. The molecular weight excluding hydrogens is 590 g/mol. The zero-order valence-electron chi connectivity index (χ0n) is 26.6. The number of nitrogens with one attached hydrogen (secondary N) is 3. The van der Waals surface area contributed by atoms with E-state index >= 15 is 0 Å². The Morgan fingerprint density at radius 3 is 2.50 bits per heavy atom. The maximum absolute atomic E-state index is 13.4. The largest absolute Gasteiger partial charge is 0.352 e. The van der Waals surface area contributed by atoms with E-state index in [0.29, 0.717) is 47.6 Å². The van der Waals surface area contributed by atoms with Crippen molar-refractivity contribution in [1.82, 2.24) is 30.3 Å². The molecule has 1 aliphatic heterocycles. The molecule has 13 heteroatoms. The van der Waals surface area contributed by atoms with Crippen molar-refractivity contribution in [3.63, 3.8) is 0 Å². The minimum absolute atomic E-state index is 0.0134. The number of nitrogens with zero attached hydrogens (tertiary/aromatic N) is 4. The van der Waals surface area contributed by atoms with Gasteiger partial charge in [0.05, 0.1) is 11.1 Å². The van der Waals surface area contributed by atoms with E-state index in [-0.39, 0.29) is 47.0 Å². The van der Waals surface area contributed by atoms with Crippen LogP contribution in [0.3, 0.4) is 0 Å². The standard InChI is InChI=1S/C33H43N7O6/c1-21-25-20-36-33(38-30(25)40(24-11-6-7-12-24)32(44)29(21)22(2)41)37-26-16-15-23(19-35-26)31(43)34-17-9-4-3-5-13-27(42)39-46-28-14-8-10-18-45-28/h15-16,19-20,24,28H,3-14,17-18H2,1-2H3,(H,34,43)(H,39,42)(H,35,36,37,38). The quantitative estimate of drug-likeness (QED) is 0.127. The Kier molecular flexibility index (Phi) is 11.4. The van der Waals surface area contributed by atoms with Crippen LogP contribution in [0.15, 0.2) is 29.3 Å². The summed E-state index contributed by atoms with van der Waals surface area (Å²) >= 11 is 0. The molecule has 46 heavy (non-hydrogen) atoms. The molecule has 0 aromatic carbocycles. The number of amides is 2. The Labute approximate surface area is 267 Å². The summed E-state index contributed by atoms with van der Waals surface area (Å²) in [4.78, 5) is 69.1. The van der Waals surface area contributed by atoms with E-state index in [1.165, 1.54) is 13.1 Å². The molecule has 1 aliphatic carbocycles. The molecule has 4 heterocycles. The van der Waals surface area contributed by atoms with Crippen molar-refractivity contribution in [2.45, 2.75) is 103 Å². The van der Waals surface area contributed by atoms with Crippen LogP contribution in [-0.2, 0) is 14.4 Å². The van der Waals surface area contributed by atoms with Gasteiger partial charge in [0.25, 0.3) is 11.5 Å². The number of ketones is 1. The number of hydroxylamine groups is 1. The van der Waals surface area contributed by atoms with Gasteiger partial charge in [0.15, 0.2) is 12.1 Å². The van der Waals surface area contributed by atoms with Crippen molar-refractivity contribution >= 4 is 40.4 Å². The molecule has 1 atom stereocenters. The molecule has 3 aromatic rings. The van der Waals surface area contributed by atoms with Crippen molar-refractivity contribution in [2.75, 3.05) is 18.5 Å². The molecule has 13 nitrogen and oxygen atoms in total. The monoisotopic (exact) mass is 633 g/mol. The molecular formula is C33H43N7O6. The van der Waals surface area contributed by atoms with E-state index in [1.54, 1.807) is 29.8 Å². The molecule has 3 N–H and O–H groups in total. The van der Waals surface area contributed by atoms with E-state index in [0.717, 1.165) is 70.6 Å². The van der Waals surface area contributed by atoms with Crippen LogP contribution < -0.4 is 21.7 Å². The summed E-state index contributed by atoms with van der Waals surface area (Å²) in [7, 11) is 0. The molecule has 2 amide bonds. The van der Waals surface area contributed by atoms with Crippen LogP contribution in [0.5, 0.6) is 0 Å². The van der Waals surface area contributed by atoms with Gasteiger partial charge in [0.2, 0.25) is 11.9 Å². The van der Waals surface area contributed by atoms with Crippen LogP contribution in [0.25, 0.3) is 11.0 Å². The highest BCUT2D eigenvalue weighted by Crippen LogP contribution is 2.32. The lowest BCUT2D eigenvalue weighted by Gasteiger charge is -2.22. The first-order valence-corrected chi connectivity index (χ1v) is 16.3. The molecule has 1 unspecified atom stereocenters. The van der Waals surface area contributed by atoms with Gasteiger partial charge in [-0.3, -0.25) is 23.7 Å². The number of hydrogen-bond donors (Lipinski definition) is 3. The first-order valence-electron chi connectivity index (χ1n) is 16.3. The number of Topliss-reactive ketones (excluding diaryl/α,β-unsaturated/α-hetero) is 1. The molecule has 0 radical (unpaired) electrons. The molecule has 1 saturated carbocycles. The number of hydrogen-bond acceptors (Lipinski definition) is 10. The van der Waals surface area contributed by atoms with Crippen LogP contribution in [-0.4, -0.2) is 56.6 Å². The molecule has 0 bridgehead atoms. The van der Waals surface area contributed by atoms with Crippen molar-refractivity contribution in [3.8, 4) is 0 Å². The summed E-state index contributed by atoms with van der Waals surface area (Å²) in [5, 5.41) is 6.65. The second-order valence-electron chi connectivity index (χ2n) is 12.0. The molecule has 246 valence electrons. The van der Waals surface area contributed by atoms with Gasteiger partial charge < -0.3 is 15.4 Å². The fraction of sp³-hybridized carbons (Fsp3) is 0.545. The normalized spacial score (nSPS) is 16.8. The maximum atomic E-state index is 13.4. The lowest BCUT2D eigenvalue weighted by molar-refractivity contribution is -0.200. The van der Waals surface area contributed by atoms with Crippen molar-refractivity contribution in [2.24, 2.45) is 0 Å². The van der Waals surface area contributed by atoms with Gasteiger partial charge in [-0.15, -0.1) is 0 Å². The predicted molar refractivity (Wildman–Crippen MR) is 172 cm³/mol. The van der Waals surface area contributed by atoms with Crippen LogP contribution in [0, 0.1) is 6.92 Å². The molecule has 2 fully saturated rings. The van der Waals surface area contributed by atoms with Gasteiger partial charge in [0.1, 0.15) is 11.5 Å². The fourth-order valence-corrected chi connectivity index (χ4v) is 6.08. The zero-order valence-corrected chi connectivity index (χ0v) is 26.6. The highest BCUT2D eigenvalue weighted by Gasteiger charge is 2.26. The first kappa shape index (κ1) is 33.1. The fourth-order valence-electron chi connectivity index (χ4n) is 6.08. The number of carbonyl (C=O) groups is 3. The lowest BCUT2D eigenvalue weighted by atomic mass is 10.0. The van der Waals surface area contributed by atoms with Crippen molar-refractivity contribution in [3.05, 3.63) is 51.6 Å². The number of fused-ring (bicyclic) bond motifs is 1. The third kappa shape index (κ3) is 8.32. The third-order valence-corrected chi connectivity index (χ3v) is 8.57. The van der Waals surface area contributed by atoms with Crippen LogP contribution in [0.2, 0.25) is 0 Å². The zero-order chi connectivity index (χ0) is 32.5. The van der Waals surface area contributed by atoms with E-state index in [1.807, 2.05) is 0 Å². The number of rotatable bonds is 14. The topological polar surface area (TPSA) is 166 Å². The van der Waals surface area contributed by atoms with Gasteiger partial charge in [-0.25, -0.2) is 20.3 Å². The average molecular weight is 634 g/mol. The van der Waals surface area contributed by atoms with E-state index < -0.39 is 0 Å². The lowest BCUT2D eigenvalue weighted by Crippen LogP contribution is -2.32. The Morgan fingerprint density at radius 1 is 1.00 bits per heavy atom. The number of carbonyl (C=O) groups excluding carboxylic acids is 3. The first-order chi connectivity index (χ1) is 22.3. The van der Waals surface area contributed by atoms with E-state index in [2.05, 4.69) is 31.1 Å². The molecule has 5 rings (SSSR count). The Hall–Kier alpha value is -4.23. The predicted octanol–water partition coefficient (Wildman–Crippen LogP) is 4.81. The third-order valence-electron chi connectivity index (χ3n) is 8.57. The number of pyridine rings is 2. The van der Waals surface area contributed by atoms with Gasteiger partial charge >= 0.3 is 0 Å². The molecule has 0 spiro atoms. The summed E-state index contributed by atoms with van der Waals surface area (Å²) in [5.41, 5.74) is 3.86. The minimum Gasteiger partial charge on any atom is -0.352 e. The van der Waals surface area contributed by atoms with Gasteiger partial charge in [-0.2, -0.15) is 4.98 Å². The number of ether oxygens (including phenoxy) is 1. The van der Waals surface area contributed by atoms with Gasteiger partial charge in [-0.05, 0) is 70.1 Å². The summed E-state index contributed by atoms with van der Waals surface area (Å²) < 4.78 is 7.09. The molecule has 1 saturated heterocycles. The van der Waals surface area contributed by atoms with Crippen LogP contribution in [0.1, 0.15) is 116 Å². The van der Waals surface area contributed by atoms with Crippen molar-refractivity contribution in [1.29, 1.82) is 0 Å². The van der Waals surface area contributed by atoms with E-state index in [4.69, 9.17) is 9.57 Å². The number of aromatic nitrogens is 4. The highest BCUT2D eigenvalue weighted by molar-refractivity contribution is 5.99.